The van der Waals surface area contributed by atoms with E-state index < -0.39 is 0 Å². The number of hydrogen-bond donors (Lipinski definition) is 0. The van der Waals surface area contributed by atoms with Gasteiger partial charge in [-0.3, -0.25) is 0 Å². The summed E-state index contributed by atoms with van der Waals surface area (Å²) in [5, 5.41) is 0. The van der Waals surface area contributed by atoms with Gasteiger partial charge < -0.3 is 0 Å². The lowest BCUT2D eigenvalue weighted by Crippen LogP contribution is -2.45. The van der Waals surface area contributed by atoms with E-state index in [0.717, 1.165) is 0 Å². The van der Waals surface area contributed by atoms with E-state index in [1.54, 1.807) is 0 Å². The van der Waals surface area contributed by atoms with Gasteiger partial charge >= 0.3 is 0 Å². The minimum absolute atomic E-state index is 0.109. The largest absolute Gasteiger partial charge is 0.0654 e. The van der Waals surface area contributed by atoms with Crippen LogP contribution in [0, 0.1) is 0 Å². The van der Waals surface area contributed by atoms with E-state index >= 15 is 0 Å². The summed E-state index contributed by atoms with van der Waals surface area (Å²) in [6.07, 6.45) is 6.32. The molecule has 0 nitrogen and oxygen atoms in total. The second-order valence-electron chi connectivity index (χ2n) is 7.25. The zero-order chi connectivity index (χ0) is 16.8. The molecule has 0 amide bonds. The van der Waals surface area contributed by atoms with E-state index in [1.165, 1.54) is 43.2 Å². The molecule has 0 spiro atoms. The Labute approximate surface area is 143 Å². The molecule has 0 saturated heterocycles. The van der Waals surface area contributed by atoms with E-state index in [-0.39, 0.29) is 10.8 Å². The van der Waals surface area contributed by atoms with Gasteiger partial charge in [0.25, 0.3) is 0 Å². The fourth-order valence-corrected chi connectivity index (χ4v) is 4.21. The van der Waals surface area contributed by atoms with Gasteiger partial charge in [-0.1, -0.05) is 108 Å². The maximum absolute atomic E-state index is 2.44. The van der Waals surface area contributed by atoms with E-state index in [0.29, 0.717) is 0 Å². The van der Waals surface area contributed by atoms with Crippen LogP contribution in [0.15, 0.2) is 60.7 Å². The van der Waals surface area contributed by atoms with Crippen LogP contribution in [-0.2, 0) is 10.8 Å². The van der Waals surface area contributed by atoms with E-state index in [1.807, 2.05) is 0 Å². The van der Waals surface area contributed by atoms with Gasteiger partial charge in [0, 0.05) is 5.41 Å². The molecule has 0 aliphatic carbocycles. The molecule has 0 aliphatic rings. The third kappa shape index (κ3) is 3.52. The third-order valence-corrected chi connectivity index (χ3v) is 5.83. The Balaban J connectivity index is 2.51. The zero-order valence-corrected chi connectivity index (χ0v) is 15.3. The first-order valence-electron chi connectivity index (χ1n) is 9.19. The lowest BCUT2D eigenvalue weighted by atomic mass is 9.55. The molecule has 0 aromatic heterocycles. The van der Waals surface area contributed by atoms with Crippen LogP contribution in [0.3, 0.4) is 0 Å². The van der Waals surface area contributed by atoms with E-state index in [2.05, 4.69) is 88.4 Å². The highest BCUT2D eigenvalue weighted by Crippen LogP contribution is 2.49. The molecule has 0 bridgehead atoms. The summed E-state index contributed by atoms with van der Waals surface area (Å²) in [6, 6.07) is 22.3. The smallest absolute Gasteiger partial charge is 0.00419 e. The summed E-state index contributed by atoms with van der Waals surface area (Å²) in [7, 11) is 0. The maximum Gasteiger partial charge on any atom is 0.00419 e. The number of hydrogen-bond acceptors (Lipinski definition) is 0. The molecule has 2 rings (SSSR count). The maximum atomic E-state index is 2.44. The first-order valence-corrected chi connectivity index (χ1v) is 9.19. The molecule has 2 aromatic rings. The topological polar surface area (TPSA) is 0 Å². The molecule has 124 valence electrons. The van der Waals surface area contributed by atoms with Gasteiger partial charge in [0.2, 0.25) is 0 Å². The molecule has 2 aromatic carbocycles. The van der Waals surface area contributed by atoms with Crippen LogP contribution in [0.2, 0.25) is 0 Å². The summed E-state index contributed by atoms with van der Waals surface area (Å²) >= 11 is 0. The SMILES string of the molecule is CCCCCC(CC)(c1ccccc1)C(C)(C)c1ccccc1. The summed E-state index contributed by atoms with van der Waals surface area (Å²) < 4.78 is 0. The third-order valence-electron chi connectivity index (χ3n) is 5.83. The summed E-state index contributed by atoms with van der Waals surface area (Å²) in [6.45, 7) is 9.53. The quantitative estimate of drug-likeness (QED) is 0.466. The molecule has 0 saturated carbocycles. The standard InChI is InChI=1S/C23H32/c1-5-7-14-19-23(6-2,21-17-12-9-13-18-21)22(3,4)20-15-10-8-11-16-20/h8-13,15-18H,5-7,14,19H2,1-4H3. The number of rotatable bonds is 8. The molecule has 0 aliphatic heterocycles. The monoisotopic (exact) mass is 308 g/mol. The van der Waals surface area contributed by atoms with Crippen LogP contribution in [0.1, 0.15) is 70.9 Å². The van der Waals surface area contributed by atoms with Gasteiger partial charge in [0.05, 0.1) is 0 Å². The van der Waals surface area contributed by atoms with Gasteiger partial charge in [-0.25, -0.2) is 0 Å². The van der Waals surface area contributed by atoms with Crippen molar-refractivity contribution in [3.8, 4) is 0 Å². The van der Waals surface area contributed by atoms with Crippen LogP contribution in [0.5, 0.6) is 0 Å². The first kappa shape index (κ1) is 17.8. The van der Waals surface area contributed by atoms with Crippen LogP contribution in [-0.4, -0.2) is 0 Å². The van der Waals surface area contributed by atoms with Crippen molar-refractivity contribution in [2.24, 2.45) is 0 Å². The summed E-state index contributed by atoms with van der Waals surface area (Å²) in [4.78, 5) is 0. The van der Waals surface area contributed by atoms with Crippen molar-refractivity contribution in [3.05, 3.63) is 71.8 Å². The Morgan fingerprint density at radius 3 is 1.70 bits per heavy atom. The Hall–Kier alpha value is -1.56. The molecule has 0 heterocycles. The highest BCUT2D eigenvalue weighted by Gasteiger charge is 2.45. The van der Waals surface area contributed by atoms with Crippen molar-refractivity contribution in [1.29, 1.82) is 0 Å². The lowest BCUT2D eigenvalue weighted by molar-refractivity contribution is 0.216. The van der Waals surface area contributed by atoms with Gasteiger partial charge in [0.1, 0.15) is 0 Å². The molecule has 0 fully saturated rings. The normalized spacial score (nSPS) is 14.4. The molecular weight excluding hydrogens is 276 g/mol. The van der Waals surface area contributed by atoms with Crippen molar-refractivity contribution in [3.63, 3.8) is 0 Å². The van der Waals surface area contributed by atoms with Crippen LogP contribution in [0.25, 0.3) is 0 Å². The lowest BCUT2D eigenvalue weighted by Gasteiger charge is -2.48. The minimum atomic E-state index is 0.109. The van der Waals surface area contributed by atoms with Crippen LogP contribution < -0.4 is 0 Å². The van der Waals surface area contributed by atoms with Gasteiger partial charge in [-0.2, -0.15) is 0 Å². The number of benzene rings is 2. The molecular formula is C23H32. The van der Waals surface area contributed by atoms with Crippen molar-refractivity contribution in [2.45, 2.75) is 70.6 Å². The Morgan fingerprint density at radius 2 is 1.22 bits per heavy atom. The molecule has 0 heteroatoms. The Morgan fingerprint density at radius 1 is 0.696 bits per heavy atom. The van der Waals surface area contributed by atoms with Crippen molar-refractivity contribution < 1.29 is 0 Å². The highest BCUT2D eigenvalue weighted by atomic mass is 14.5. The average Bonchev–Trinajstić information content (AvgIpc) is 2.60. The first-order chi connectivity index (χ1) is 11.1. The average molecular weight is 309 g/mol. The van der Waals surface area contributed by atoms with Crippen LogP contribution in [0.4, 0.5) is 0 Å². The summed E-state index contributed by atoms with van der Waals surface area (Å²) in [5.74, 6) is 0. The number of unbranched alkanes of at least 4 members (excludes halogenated alkanes) is 2. The van der Waals surface area contributed by atoms with Gasteiger partial charge in [-0.15, -0.1) is 0 Å². The van der Waals surface area contributed by atoms with E-state index in [9.17, 15) is 0 Å². The fraction of sp³-hybridized carbons (Fsp3) is 0.478. The molecule has 0 radical (unpaired) electrons. The Kier molecular flexibility index (Phi) is 6.04. The zero-order valence-electron chi connectivity index (χ0n) is 15.3. The molecule has 23 heavy (non-hydrogen) atoms. The minimum Gasteiger partial charge on any atom is -0.0654 e. The second kappa shape index (κ2) is 7.81. The van der Waals surface area contributed by atoms with Gasteiger partial charge in [-0.05, 0) is 29.4 Å². The molecule has 1 atom stereocenters. The highest BCUT2D eigenvalue weighted by molar-refractivity contribution is 5.37. The fourth-order valence-electron chi connectivity index (χ4n) is 4.21. The molecule has 1 unspecified atom stereocenters. The summed E-state index contributed by atoms with van der Waals surface area (Å²) in [5.41, 5.74) is 3.23. The van der Waals surface area contributed by atoms with Crippen molar-refractivity contribution >= 4 is 0 Å². The predicted octanol–water partition coefficient (Wildman–Crippen LogP) is 6.89. The van der Waals surface area contributed by atoms with Gasteiger partial charge in [0.15, 0.2) is 0 Å². The predicted molar refractivity (Wildman–Crippen MR) is 102 cm³/mol. The second-order valence-corrected chi connectivity index (χ2v) is 7.25. The Bertz CT molecular complexity index is 568. The van der Waals surface area contributed by atoms with E-state index in [4.69, 9.17) is 0 Å². The van der Waals surface area contributed by atoms with Crippen molar-refractivity contribution in [1.82, 2.24) is 0 Å². The van der Waals surface area contributed by atoms with Crippen LogP contribution >= 0.6 is 0 Å². The molecule has 0 N–H and O–H groups in total. The van der Waals surface area contributed by atoms with Crippen molar-refractivity contribution in [2.75, 3.05) is 0 Å².